The number of hydrogen-bond acceptors (Lipinski definition) is 5. The van der Waals surface area contributed by atoms with Crippen LogP contribution in [0.4, 0.5) is 18.9 Å². The molecule has 0 unspecified atom stereocenters. The maximum absolute atomic E-state index is 12.8. The van der Waals surface area contributed by atoms with Gasteiger partial charge in [0.2, 0.25) is 11.8 Å². The molecule has 1 N–H and O–H groups in total. The van der Waals surface area contributed by atoms with E-state index in [4.69, 9.17) is 16.3 Å². The van der Waals surface area contributed by atoms with Crippen molar-refractivity contribution >= 4 is 72.8 Å². The van der Waals surface area contributed by atoms with E-state index in [0.717, 1.165) is 23.5 Å². The third-order valence-electron chi connectivity index (χ3n) is 6.55. The molecular weight excluding hydrogens is 612 g/mol. The molecule has 0 aromatic heterocycles. The minimum Gasteiger partial charge on any atom is -0.456 e. The van der Waals surface area contributed by atoms with Crippen LogP contribution in [-0.4, -0.2) is 51.4 Å². The number of amides is 3. The SMILES string of the molecule is O=C(COC(=O)CCN1C(=O)[C@@H]2[C@H]3C[C@@H]([C@H](Br)[C@@H]3Br)[C@@H]2C1=O)Nc1cc(C(F)(F)F)ccc1Cl. The number of imide groups is 1. The number of benzene rings is 1. The zero-order valence-corrected chi connectivity index (χ0v) is 21.2. The van der Waals surface area contributed by atoms with Gasteiger partial charge in [-0.3, -0.25) is 24.1 Å². The molecule has 3 fully saturated rings. The maximum atomic E-state index is 12.8. The monoisotopic (exact) mass is 628 g/mol. The summed E-state index contributed by atoms with van der Waals surface area (Å²) in [7, 11) is 0. The number of carbonyl (C=O) groups excluding carboxylic acids is 4. The second-order valence-corrected chi connectivity index (χ2v) is 11.0. The Kier molecular flexibility index (Phi) is 7.05. The molecule has 3 amide bonds. The van der Waals surface area contributed by atoms with Gasteiger partial charge in [-0.15, -0.1) is 0 Å². The van der Waals surface area contributed by atoms with Crippen molar-refractivity contribution in [2.75, 3.05) is 18.5 Å². The first-order valence-electron chi connectivity index (χ1n) is 10.4. The summed E-state index contributed by atoms with van der Waals surface area (Å²) in [5.74, 6) is -2.99. The van der Waals surface area contributed by atoms with E-state index in [-0.39, 0.29) is 57.0 Å². The van der Waals surface area contributed by atoms with Gasteiger partial charge in [0.15, 0.2) is 6.61 Å². The zero-order chi connectivity index (χ0) is 24.9. The van der Waals surface area contributed by atoms with Crippen molar-refractivity contribution in [3.63, 3.8) is 0 Å². The molecule has 1 heterocycles. The van der Waals surface area contributed by atoms with Gasteiger partial charge < -0.3 is 10.1 Å². The lowest BCUT2D eigenvalue weighted by molar-refractivity contribution is -0.149. The minimum absolute atomic E-state index is 0.0548. The second-order valence-electron chi connectivity index (χ2n) is 8.48. The number of hydrogen-bond donors (Lipinski definition) is 1. The van der Waals surface area contributed by atoms with Crippen LogP contribution in [0.15, 0.2) is 18.2 Å². The number of halogens is 6. The summed E-state index contributed by atoms with van der Waals surface area (Å²) in [5, 5.41) is 2.05. The van der Waals surface area contributed by atoms with E-state index < -0.39 is 42.1 Å². The highest BCUT2D eigenvalue weighted by Crippen LogP contribution is 2.60. The van der Waals surface area contributed by atoms with Gasteiger partial charge >= 0.3 is 12.1 Å². The van der Waals surface area contributed by atoms with Crippen LogP contribution in [0.2, 0.25) is 5.02 Å². The minimum atomic E-state index is -4.62. The number of esters is 1. The number of nitrogens with zero attached hydrogens (tertiary/aromatic N) is 1. The lowest BCUT2D eigenvalue weighted by Crippen LogP contribution is -2.37. The molecule has 6 atom stereocenters. The Balaban J connectivity index is 1.27. The number of likely N-dealkylation sites (tertiary alicyclic amines) is 1. The molecule has 1 saturated heterocycles. The normalized spacial score (nSPS) is 30.0. The summed E-state index contributed by atoms with van der Waals surface area (Å²) in [6.45, 7) is -0.927. The van der Waals surface area contributed by atoms with Gasteiger partial charge in [-0.1, -0.05) is 43.5 Å². The molecule has 184 valence electrons. The van der Waals surface area contributed by atoms with Crippen molar-refractivity contribution in [3.8, 4) is 0 Å². The van der Waals surface area contributed by atoms with Crippen molar-refractivity contribution in [1.82, 2.24) is 4.90 Å². The molecule has 0 radical (unpaired) electrons. The highest BCUT2D eigenvalue weighted by molar-refractivity contribution is 9.12. The van der Waals surface area contributed by atoms with Crippen molar-refractivity contribution in [1.29, 1.82) is 0 Å². The Labute approximate surface area is 213 Å². The topological polar surface area (TPSA) is 92.8 Å². The van der Waals surface area contributed by atoms with Crippen LogP contribution in [0.3, 0.4) is 0 Å². The van der Waals surface area contributed by atoms with Crippen LogP contribution in [0.5, 0.6) is 0 Å². The molecule has 1 aromatic carbocycles. The van der Waals surface area contributed by atoms with Crippen LogP contribution in [-0.2, 0) is 30.1 Å². The van der Waals surface area contributed by atoms with E-state index in [9.17, 15) is 32.3 Å². The molecule has 2 bridgehead atoms. The lowest BCUT2D eigenvalue weighted by Gasteiger charge is -2.28. The Morgan fingerprint density at radius 3 is 2.26 bits per heavy atom. The fraction of sp³-hybridized carbons (Fsp3) is 0.524. The molecular formula is C21H18Br2ClF3N2O5. The average Bonchev–Trinajstić information content (AvgIpc) is 3.37. The number of alkyl halides is 5. The summed E-state index contributed by atoms with van der Waals surface area (Å²) in [4.78, 5) is 51.0. The van der Waals surface area contributed by atoms with Gasteiger partial charge in [0.1, 0.15) is 0 Å². The standard InChI is InChI=1S/C21H18Br2ClF3N2O5/c22-17-9-6-10(18(17)23)16-15(9)19(32)29(20(16)33)4-3-14(31)34-7-13(30)28-12-5-8(21(25,26)27)1-2-11(12)24/h1-2,5,9-10,15-18H,3-4,6-7H2,(H,28,30)/t9-,10-,15-,16+,17-,18+/m1/s1. The first-order valence-corrected chi connectivity index (χ1v) is 12.6. The first-order chi connectivity index (χ1) is 15.9. The quantitative estimate of drug-likeness (QED) is 0.292. The van der Waals surface area contributed by atoms with Crippen molar-refractivity contribution < 1.29 is 37.1 Å². The molecule has 1 aromatic rings. The van der Waals surface area contributed by atoms with E-state index in [0.29, 0.717) is 6.07 Å². The Morgan fingerprint density at radius 2 is 1.71 bits per heavy atom. The third-order valence-corrected chi connectivity index (χ3v) is 10.1. The van der Waals surface area contributed by atoms with E-state index in [1.54, 1.807) is 0 Å². The maximum Gasteiger partial charge on any atom is 0.416 e. The van der Waals surface area contributed by atoms with Gasteiger partial charge in [-0.2, -0.15) is 13.2 Å². The molecule has 2 saturated carbocycles. The summed E-state index contributed by atoms with van der Waals surface area (Å²) < 4.78 is 43.4. The van der Waals surface area contributed by atoms with E-state index >= 15 is 0 Å². The predicted molar refractivity (Wildman–Crippen MR) is 121 cm³/mol. The van der Waals surface area contributed by atoms with Gasteiger partial charge in [0, 0.05) is 16.2 Å². The molecule has 4 rings (SSSR count). The molecule has 34 heavy (non-hydrogen) atoms. The lowest BCUT2D eigenvalue weighted by atomic mass is 9.81. The fourth-order valence-corrected chi connectivity index (χ4v) is 7.07. The number of ether oxygens (including phenoxy) is 1. The summed E-state index contributed by atoms with van der Waals surface area (Å²) in [6, 6.07) is 2.44. The van der Waals surface area contributed by atoms with Gasteiger partial charge in [0.05, 0.1) is 34.5 Å². The zero-order valence-electron chi connectivity index (χ0n) is 17.3. The van der Waals surface area contributed by atoms with Crippen molar-refractivity contribution in [2.45, 2.75) is 28.7 Å². The fourth-order valence-electron chi connectivity index (χ4n) is 5.04. The smallest absolute Gasteiger partial charge is 0.416 e. The summed E-state index contributed by atoms with van der Waals surface area (Å²) >= 11 is 13.0. The van der Waals surface area contributed by atoms with E-state index in [2.05, 4.69) is 37.2 Å². The first kappa shape index (κ1) is 25.4. The van der Waals surface area contributed by atoms with Gasteiger partial charge in [-0.05, 0) is 36.5 Å². The number of rotatable bonds is 6. The van der Waals surface area contributed by atoms with Crippen LogP contribution in [0.25, 0.3) is 0 Å². The molecule has 7 nitrogen and oxygen atoms in total. The Bertz CT molecular complexity index is 1020. The molecule has 0 spiro atoms. The van der Waals surface area contributed by atoms with Crippen LogP contribution in [0.1, 0.15) is 18.4 Å². The highest BCUT2D eigenvalue weighted by atomic mass is 79.9. The molecule has 13 heteroatoms. The van der Waals surface area contributed by atoms with Gasteiger partial charge in [0.25, 0.3) is 5.91 Å². The molecule has 2 aliphatic carbocycles. The number of nitrogens with one attached hydrogen (secondary N) is 1. The Hall–Kier alpha value is -1.66. The van der Waals surface area contributed by atoms with Crippen LogP contribution < -0.4 is 5.32 Å². The Morgan fingerprint density at radius 1 is 1.12 bits per heavy atom. The number of anilines is 1. The van der Waals surface area contributed by atoms with Crippen LogP contribution >= 0.6 is 43.5 Å². The number of fused-ring (bicyclic) bond motifs is 5. The summed E-state index contributed by atoms with van der Waals surface area (Å²) in [6.07, 6.45) is -4.14. The van der Waals surface area contributed by atoms with Crippen molar-refractivity contribution in [2.24, 2.45) is 23.7 Å². The van der Waals surface area contributed by atoms with Crippen molar-refractivity contribution in [3.05, 3.63) is 28.8 Å². The largest absolute Gasteiger partial charge is 0.456 e. The number of carbonyl (C=O) groups is 4. The highest BCUT2D eigenvalue weighted by Gasteiger charge is 2.66. The van der Waals surface area contributed by atoms with Crippen LogP contribution in [0, 0.1) is 23.7 Å². The van der Waals surface area contributed by atoms with E-state index in [1.165, 1.54) is 0 Å². The second kappa shape index (κ2) is 9.42. The summed E-state index contributed by atoms with van der Waals surface area (Å²) in [5.41, 5.74) is -1.28. The van der Waals surface area contributed by atoms with E-state index in [1.807, 2.05) is 0 Å². The predicted octanol–water partition coefficient (Wildman–Crippen LogP) is 4.01. The third kappa shape index (κ3) is 4.60. The van der Waals surface area contributed by atoms with Gasteiger partial charge in [-0.25, -0.2) is 0 Å². The molecule has 3 aliphatic rings. The average molecular weight is 631 g/mol. The molecule has 1 aliphatic heterocycles.